The van der Waals surface area contributed by atoms with Crippen molar-refractivity contribution in [2.24, 2.45) is 5.41 Å². The van der Waals surface area contributed by atoms with Gasteiger partial charge in [-0.15, -0.1) is 0 Å². The van der Waals surface area contributed by atoms with Crippen molar-refractivity contribution >= 4 is 5.91 Å². The van der Waals surface area contributed by atoms with Crippen molar-refractivity contribution in [1.82, 2.24) is 5.32 Å². The maximum atomic E-state index is 12.3. The standard InChI is InChI=1S/C18H29NO2/c1-13-9-8-10-15(11-13)21-14(2)16(20)19-18(6,7)12-17(3,4)5/h8-11,14H,12H2,1-7H3,(H,19,20)/t14-/m0/s1. The summed E-state index contributed by atoms with van der Waals surface area (Å²) in [6.07, 6.45) is 0.397. The monoisotopic (exact) mass is 291 g/mol. The number of rotatable bonds is 5. The smallest absolute Gasteiger partial charge is 0.261 e. The van der Waals surface area contributed by atoms with E-state index >= 15 is 0 Å². The highest BCUT2D eigenvalue weighted by Crippen LogP contribution is 2.27. The summed E-state index contributed by atoms with van der Waals surface area (Å²) in [4.78, 5) is 12.3. The van der Waals surface area contributed by atoms with Gasteiger partial charge in [-0.1, -0.05) is 32.9 Å². The minimum atomic E-state index is -0.508. The predicted octanol–water partition coefficient (Wildman–Crippen LogP) is 4.09. The van der Waals surface area contributed by atoms with Gasteiger partial charge in [-0.25, -0.2) is 0 Å². The zero-order chi connectivity index (χ0) is 16.3. The third-order valence-electron chi connectivity index (χ3n) is 3.11. The first-order chi connectivity index (χ1) is 9.48. The van der Waals surface area contributed by atoms with Gasteiger partial charge in [0, 0.05) is 5.54 Å². The Labute approximate surface area is 129 Å². The summed E-state index contributed by atoms with van der Waals surface area (Å²) in [6.45, 7) is 14.4. The Bertz CT molecular complexity index is 486. The lowest BCUT2D eigenvalue weighted by Gasteiger charge is -2.34. The molecule has 0 aromatic heterocycles. The Morgan fingerprint density at radius 2 is 1.86 bits per heavy atom. The molecule has 0 aliphatic rings. The number of aryl methyl sites for hydroxylation is 1. The minimum Gasteiger partial charge on any atom is -0.481 e. The number of hydrogen-bond donors (Lipinski definition) is 1. The minimum absolute atomic E-state index is 0.0780. The van der Waals surface area contributed by atoms with Crippen LogP contribution >= 0.6 is 0 Å². The molecule has 0 spiro atoms. The lowest BCUT2D eigenvalue weighted by Crippen LogP contribution is -2.50. The van der Waals surface area contributed by atoms with Gasteiger partial charge in [0.15, 0.2) is 6.10 Å². The lowest BCUT2D eigenvalue weighted by molar-refractivity contribution is -0.129. The molecule has 1 N–H and O–H groups in total. The van der Waals surface area contributed by atoms with Crippen molar-refractivity contribution in [2.45, 2.75) is 66.5 Å². The number of benzene rings is 1. The van der Waals surface area contributed by atoms with Gasteiger partial charge in [0.25, 0.3) is 5.91 Å². The van der Waals surface area contributed by atoms with E-state index in [0.29, 0.717) is 0 Å². The molecule has 1 rings (SSSR count). The van der Waals surface area contributed by atoms with Crippen molar-refractivity contribution < 1.29 is 9.53 Å². The summed E-state index contributed by atoms with van der Waals surface area (Å²) in [5.41, 5.74) is 1.03. The molecular formula is C18H29NO2. The third-order valence-corrected chi connectivity index (χ3v) is 3.11. The molecule has 0 aliphatic carbocycles. The van der Waals surface area contributed by atoms with Gasteiger partial charge in [0.1, 0.15) is 5.75 Å². The normalized spacial score (nSPS) is 13.7. The molecule has 3 heteroatoms. The molecule has 21 heavy (non-hydrogen) atoms. The third kappa shape index (κ3) is 6.65. The number of hydrogen-bond acceptors (Lipinski definition) is 2. The summed E-state index contributed by atoms with van der Waals surface area (Å²) in [5.74, 6) is 0.650. The Hall–Kier alpha value is -1.51. The van der Waals surface area contributed by atoms with E-state index in [4.69, 9.17) is 4.74 Å². The molecule has 3 nitrogen and oxygen atoms in total. The molecule has 0 saturated carbocycles. The fourth-order valence-electron chi connectivity index (χ4n) is 2.75. The second-order valence-electron chi connectivity index (χ2n) is 7.69. The van der Waals surface area contributed by atoms with Crippen molar-refractivity contribution in [3.8, 4) is 5.75 Å². The number of nitrogens with one attached hydrogen (secondary N) is 1. The predicted molar refractivity (Wildman–Crippen MR) is 87.6 cm³/mol. The molecule has 1 aromatic rings. The summed E-state index contributed by atoms with van der Waals surface area (Å²) in [6, 6.07) is 7.74. The fourth-order valence-corrected chi connectivity index (χ4v) is 2.75. The van der Waals surface area contributed by atoms with Crippen LogP contribution in [0.25, 0.3) is 0 Å². The number of carbonyl (C=O) groups is 1. The average Bonchev–Trinajstić information content (AvgIpc) is 2.24. The van der Waals surface area contributed by atoms with Crippen LogP contribution in [0.5, 0.6) is 5.75 Å². The molecule has 0 unspecified atom stereocenters. The van der Waals surface area contributed by atoms with Crippen molar-refractivity contribution in [1.29, 1.82) is 0 Å². The van der Waals surface area contributed by atoms with Gasteiger partial charge >= 0.3 is 0 Å². The maximum absolute atomic E-state index is 12.3. The zero-order valence-electron chi connectivity index (χ0n) is 14.4. The summed E-state index contributed by atoms with van der Waals surface area (Å²) in [5, 5.41) is 3.08. The second kappa shape index (κ2) is 6.50. The zero-order valence-corrected chi connectivity index (χ0v) is 14.4. The molecule has 1 aromatic carbocycles. The first kappa shape index (κ1) is 17.5. The summed E-state index contributed by atoms with van der Waals surface area (Å²) >= 11 is 0. The van der Waals surface area contributed by atoms with Crippen LogP contribution in [0, 0.1) is 12.3 Å². The van der Waals surface area contributed by atoms with E-state index in [1.807, 2.05) is 31.2 Å². The van der Waals surface area contributed by atoms with Crippen molar-refractivity contribution in [3.63, 3.8) is 0 Å². The Morgan fingerprint density at radius 3 is 2.38 bits per heavy atom. The van der Waals surface area contributed by atoms with Crippen LogP contribution in [-0.2, 0) is 4.79 Å². The Morgan fingerprint density at radius 1 is 1.24 bits per heavy atom. The van der Waals surface area contributed by atoms with E-state index in [1.165, 1.54) is 0 Å². The van der Waals surface area contributed by atoms with E-state index < -0.39 is 6.10 Å². The van der Waals surface area contributed by atoms with Gasteiger partial charge in [0.2, 0.25) is 0 Å². The highest BCUT2D eigenvalue weighted by Gasteiger charge is 2.29. The van der Waals surface area contributed by atoms with Gasteiger partial charge in [-0.2, -0.15) is 0 Å². The largest absolute Gasteiger partial charge is 0.481 e. The Kier molecular flexibility index (Phi) is 5.43. The van der Waals surface area contributed by atoms with E-state index in [-0.39, 0.29) is 16.9 Å². The highest BCUT2D eigenvalue weighted by molar-refractivity contribution is 5.81. The first-order valence-corrected chi connectivity index (χ1v) is 7.54. The van der Waals surface area contributed by atoms with Crippen LogP contribution in [-0.4, -0.2) is 17.6 Å². The topological polar surface area (TPSA) is 38.3 Å². The molecule has 1 amide bonds. The highest BCUT2D eigenvalue weighted by atomic mass is 16.5. The van der Waals surface area contributed by atoms with Gasteiger partial charge in [-0.05, 0) is 57.2 Å². The van der Waals surface area contributed by atoms with Gasteiger partial charge in [-0.3, -0.25) is 4.79 Å². The molecule has 0 saturated heterocycles. The molecule has 1 atom stereocenters. The van der Waals surface area contributed by atoms with Crippen molar-refractivity contribution in [3.05, 3.63) is 29.8 Å². The van der Waals surface area contributed by atoms with Crippen LogP contribution in [0.2, 0.25) is 0 Å². The molecule has 0 fully saturated rings. The molecule has 0 aliphatic heterocycles. The first-order valence-electron chi connectivity index (χ1n) is 7.54. The Balaban J connectivity index is 2.62. The average molecular weight is 291 g/mol. The van der Waals surface area contributed by atoms with Crippen LogP contribution < -0.4 is 10.1 Å². The molecule has 0 radical (unpaired) electrons. The molecule has 118 valence electrons. The van der Waals surface area contributed by atoms with Gasteiger partial charge in [0.05, 0.1) is 0 Å². The summed E-state index contributed by atoms with van der Waals surface area (Å²) < 4.78 is 5.72. The van der Waals surface area contributed by atoms with Crippen LogP contribution in [0.4, 0.5) is 0 Å². The lowest BCUT2D eigenvalue weighted by atomic mass is 9.81. The maximum Gasteiger partial charge on any atom is 0.261 e. The van der Waals surface area contributed by atoms with E-state index in [2.05, 4.69) is 39.9 Å². The molecular weight excluding hydrogens is 262 g/mol. The van der Waals surface area contributed by atoms with Gasteiger partial charge < -0.3 is 10.1 Å². The SMILES string of the molecule is Cc1cccc(O[C@@H](C)C(=O)NC(C)(C)CC(C)(C)C)c1. The molecule has 0 bridgehead atoms. The summed E-state index contributed by atoms with van der Waals surface area (Å²) in [7, 11) is 0. The molecule has 0 heterocycles. The van der Waals surface area contributed by atoms with Crippen LogP contribution in [0.15, 0.2) is 24.3 Å². The fraction of sp³-hybridized carbons (Fsp3) is 0.611. The second-order valence-corrected chi connectivity index (χ2v) is 7.69. The van der Waals surface area contributed by atoms with E-state index in [0.717, 1.165) is 17.7 Å². The van der Waals surface area contributed by atoms with Crippen molar-refractivity contribution in [2.75, 3.05) is 0 Å². The number of amides is 1. The van der Waals surface area contributed by atoms with Crippen LogP contribution in [0.3, 0.4) is 0 Å². The van der Waals surface area contributed by atoms with Crippen LogP contribution in [0.1, 0.15) is 53.5 Å². The van der Waals surface area contributed by atoms with E-state index in [9.17, 15) is 4.79 Å². The number of ether oxygens (including phenoxy) is 1. The number of carbonyl (C=O) groups excluding carboxylic acids is 1. The quantitative estimate of drug-likeness (QED) is 0.887. The van der Waals surface area contributed by atoms with E-state index in [1.54, 1.807) is 6.92 Å².